The van der Waals surface area contributed by atoms with E-state index in [0.29, 0.717) is 16.7 Å². The van der Waals surface area contributed by atoms with Crippen LogP contribution < -0.4 is 0 Å². The molecular formula is C23H20ClN5O. The molecule has 1 aliphatic rings. The molecule has 0 saturated carbocycles. The van der Waals surface area contributed by atoms with Gasteiger partial charge in [0, 0.05) is 16.5 Å². The summed E-state index contributed by atoms with van der Waals surface area (Å²) in [6, 6.07) is 16.1. The molecule has 1 aliphatic heterocycles. The van der Waals surface area contributed by atoms with Gasteiger partial charge < -0.3 is 4.52 Å². The second kappa shape index (κ2) is 7.22. The fourth-order valence-electron chi connectivity index (χ4n) is 3.78. The summed E-state index contributed by atoms with van der Waals surface area (Å²) in [6.07, 6.45) is 2.13. The molecule has 150 valence electrons. The van der Waals surface area contributed by atoms with Crippen molar-refractivity contribution in [3.63, 3.8) is 0 Å². The molecule has 0 aliphatic carbocycles. The highest BCUT2D eigenvalue weighted by Gasteiger charge is 2.31. The molecule has 5 rings (SSSR count). The van der Waals surface area contributed by atoms with Gasteiger partial charge in [-0.05, 0) is 36.3 Å². The molecule has 6 nitrogen and oxygen atoms in total. The number of nitrogens with zero attached hydrogens (tertiary/aromatic N) is 5. The van der Waals surface area contributed by atoms with Gasteiger partial charge in [-0.25, -0.2) is 0 Å². The average Bonchev–Trinajstić information content (AvgIpc) is 3.34. The first-order valence-electron chi connectivity index (χ1n) is 9.86. The maximum absolute atomic E-state index is 6.14. The zero-order valence-electron chi connectivity index (χ0n) is 16.9. The molecule has 0 radical (unpaired) electrons. The fourth-order valence-corrected chi connectivity index (χ4v) is 3.90. The van der Waals surface area contributed by atoms with Gasteiger partial charge >= 0.3 is 0 Å². The lowest BCUT2D eigenvalue weighted by Gasteiger charge is -2.13. The first kappa shape index (κ1) is 18.8. The van der Waals surface area contributed by atoms with Crippen molar-refractivity contribution in [3.8, 4) is 5.69 Å². The van der Waals surface area contributed by atoms with Gasteiger partial charge in [0.05, 0.1) is 5.69 Å². The summed E-state index contributed by atoms with van der Waals surface area (Å²) < 4.78 is 7.75. The zero-order chi connectivity index (χ0) is 20.8. The largest absolute Gasteiger partial charge is 0.338 e. The zero-order valence-corrected chi connectivity index (χ0v) is 17.6. The first-order chi connectivity index (χ1) is 14.5. The van der Waals surface area contributed by atoms with Crippen LogP contribution in [0.4, 0.5) is 0 Å². The van der Waals surface area contributed by atoms with Gasteiger partial charge in [0.2, 0.25) is 5.89 Å². The molecule has 0 bridgehead atoms. The summed E-state index contributed by atoms with van der Waals surface area (Å²) in [7, 11) is 0. The lowest BCUT2D eigenvalue weighted by Crippen LogP contribution is -2.08. The van der Waals surface area contributed by atoms with E-state index in [4.69, 9.17) is 16.1 Å². The van der Waals surface area contributed by atoms with Gasteiger partial charge in [-0.2, -0.15) is 4.98 Å². The number of halogens is 1. The maximum atomic E-state index is 6.14. The van der Waals surface area contributed by atoms with E-state index in [0.717, 1.165) is 34.0 Å². The summed E-state index contributed by atoms with van der Waals surface area (Å²) in [6.45, 7) is 6.03. The molecule has 0 spiro atoms. The lowest BCUT2D eigenvalue weighted by molar-refractivity contribution is 0.367. The number of allylic oxidation sites excluding steroid dienone is 1. The normalized spacial score (nSPS) is 15.5. The number of hydrogen-bond donors (Lipinski definition) is 0. The Labute approximate surface area is 179 Å². The van der Waals surface area contributed by atoms with Crippen LogP contribution in [-0.4, -0.2) is 24.9 Å². The molecule has 0 amide bonds. The summed E-state index contributed by atoms with van der Waals surface area (Å²) in [5.41, 5.74) is 4.20. The van der Waals surface area contributed by atoms with Gasteiger partial charge in [-0.15, -0.1) is 10.2 Å². The van der Waals surface area contributed by atoms with Crippen LogP contribution in [0.1, 0.15) is 60.2 Å². The molecule has 0 N–H and O–H groups in total. The van der Waals surface area contributed by atoms with E-state index in [1.54, 1.807) is 0 Å². The summed E-state index contributed by atoms with van der Waals surface area (Å²) in [5.74, 6) is 2.58. The molecule has 0 saturated heterocycles. The van der Waals surface area contributed by atoms with Gasteiger partial charge in [-0.3, -0.25) is 4.57 Å². The van der Waals surface area contributed by atoms with Crippen LogP contribution in [0.3, 0.4) is 0 Å². The molecule has 0 fully saturated rings. The monoisotopic (exact) mass is 417 g/mol. The Bertz CT molecular complexity index is 1250. The minimum absolute atomic E-state index is 0.171. The van der Waals surface area contributed by atoms with Crippen LogP contribution in [0.25, 0.3) is 11.3 Å². The number of hydrogen-bond acceptors (Lipinski definition) is 5. The Morgan fingerprint density at radius 3 is 2.53 bits per heavy atom. The van der Waals surface area contributed by atoms with Crippen molar-refractivity contribution in [2.75, 3.05) is 0 Å². The standard InChI is InChI=1S/C23H20ClN5O/c1-13(2)21-25-23(30-28-21)19-12-18(15-8-10-16(24)11-9-15)17-6-4-5-7-20(17)29-14(3)26-27-22(19)29/h4-13,19H,1-3H3. The van der Waals surface area contributed by atoms with Crippen molar-refractivity contribution in [1.82, 2.24) is 24.9 Å². The molecule has 1 unspecified atom stereocenters. The predicted molar refractivity (Wildman–Crippen MR) is 115 cm³/mol. The molecule has 2 aromatic carbocycles. The number of benzene rings is 2. The molecular weight excluding hydrogens is 398 g/mol. The predicted octanol–water partition coefficient (Wildman–Crippen LogP) is 5.31. The van der Waals surface area contributed by atoms with Crippen LogP contribution in [-0.2, 0) is 0 Å². The molecule has 7 heteroatoms. The maximum Gasteiger partial charge on any atom is 0.241 e. The van der Waals surface area contributed by atoms with Gasteiger partial charge in [0.15, 0.2) is 11.6 Å². The minimum Gasteiger partial charge on any atom is -0.338 e. The number of aryl methyl sites for hydroxylation is 1. The van der Waals surface area contributed by atoms with Crippen molar-refractivity contribution in [2.24, 2.45) is 0 Å². The Morgan fingerprint density at radius 1 is 1.03 bits per heavy atom. The van der Waals surface area contributed by atoms with Crippen LogP contribution in [0, 0.1) is 6.92 Å². The van der Waals surface area contributed by atoms with Crippen LogP contribution in [0.5, 0.6) is 0 Å². The Morgan fingerprint density at radius 2 is 1.80 bits per heavy atom. The fraction of sp³-hybridized carbons (Fsp3) is 0.217. The van der Waals surface area contributed by atoms with E-state index in [2.05, 4.69) is 43.1 Å². The second-order valence-corrected chi connectivity index (χ2v) is 8.10. The van der Waals surface area contributed by atoms with E-state index in [1.807, 2.05) is 57.2 Å². The topological polar surface area (TPSA) is 69.6 Å². The number of rotatable bonds is 3. The number of aromatic nitrogens is 5. The van der Waals surface area contributed by atoms with Crippen molar-refractivity contribution in [1.29, 1.82) is 0 Å². The highest BCUT2D eigenvalue weighted by molar-refractivity contribution is 6.30. The minimum atomic E-state index is -0.329. The van der Waals surface area contributed by atoms with Crippen molar-refractivity contribution in [2.45, 2.75) is 32.6 Å². The van der Waals surface area contributed by atoms with Crippen molar-refractivity contribution >= 4 is 17.2 Å². The molecule has 3 heterocycles. The van der Waals surface area contributed by atoms with Crippen molar-refractivity contribution < 1.29 is 4.52 Å². The Kier molecular flexibility index (Phi) is 4.51. The van der Waals surface area contributed by atoms with E-state index < -0.39 is 0 Å². The van der Waals surface area contributed by atoms with Gasteiger partial charge in [-0.1, -0.05) is 67.0 Å². The van der Waals surface area contributed by atoms with Gasteiger partial charge in [0.25, 0.3) is 0 Å². The first-order valence-corrected chi connectivity index (χ1v) is 10.2. The Balaban J connectivity index is 1.79. The SMILES string of the molecule is Cc1nnc2n1-c1ccccc1C(c1ccc(Cl)cc1)=CC2c1nc(C(C)C)no1. The van der Waals surface area contributed by atoms with Crippen LogP contribution >= 0.6 is 11.6 Å². The smallest absolute Gasteiger partial charge is 0.241 e. The quantitative estimate of drug-likeness (QED) is 0.451. The second-order valence-electron chi connectivity index (χ2n) is 7.67. The summed E-state index contributed by atoms with van der Waals surface area (Å²) in [5, 5.41) is 13.7. The molecule has 30 heavy (non-hydrogen) atoms. The van der Waals surface area contributed by atoms with Crippen LogP contribution in [0.15, 0.2) is 59.1 Å². The van der Waals surface area contributed by atoms with Gasteiger partial charge in [0.1, 0.15) is 11.7 Å². The summed E-state index contributed by atoms with van der Waals surface area (Å²) >= 11 is 6.14. The van der Waals surface area contributed by atoms with E-state index in [-0.39, 0.29) is 11.8 Å². The van der Waals surface area contributed by atoms with E-state index in [9.17, 15) is 0 Å². The number of para-hydroxylation sites is 1. The molecule has 4 aromatic rings. The van der Waals surface area contributed by atoms with Crippen LogP contribution in [0.2, 0.25) is 5.02 Å². The lowest BCUT2D eigenvalue weighted by atomic mass is 9.94. The molecule has 1 atom stereocenters. The van der Waals surface area contributed by atoms with Crippen molar-refractivity contribution in [3.05, 3.63) is 94.1 Å². The third kappa shape index (κ3) is 3.04. The number of fused-ring (bicyclic) bond motifs is 3. The Hall–Kier alpha value is -3.25. The average molecular weight is 418 g/mol. The summed E-state index contributed by atoms with van der Waals surface area (Å²) in [4.78, 5) is 4.66. The third-order valence-corrected chi connectivity index (χ3v) is 5.54. The molecule has 2 aromatic heterocycles. The highest BCUT2D eigenvalue weighted by Crippen LogP contribution is 2.39. The van der Waals surface area contributed by atoms with E-state index >= 15 is 0 Å². The van der Waals surface area contributed by atoms with E-state index in [1.165, 1.54) is 0 Å². The third-order valence-electron chi connectivity index (χ3n) is 5.29. The highest BCUT2D eigenvalue weighted by atomic mass is 35.5.